The molecule has 0 aliphatic carbocycles. The van der Waals surface area contributed by atoms with Crippen LogP contribution in [0.1, 0.15) is 52.5 Å². The molecule has 1 rings (SSSR count). The molecule has 3 atom stereocenters. The molecule has 3 heteroatoms. The summed E-state index contributed by atoms with van der Waals surface area (Å²) in [6.45, 7) is 11.6. The second-order valence-corrected chi connectivity index (χ2v) is 7.40. The van der Waals surface area contributed by atoms with Gasteiger partial charge in [0.2, 0.25) is 0 Å². The Labute approximate surface area is 120 Å². The highest BCUT2D eigenvalue weighted by Gasteiger charge is 2.16. The minimum Gasteiger partial charge on any atom is -0.314 e. The maximum absolute atomic E-state index is 12.4. The molecule has 19 heavy (non-hydrogen) atoms. The maximum Gasteiger partial charge on any atom is 0.0558 e. The molecule has 0 aliphatic rings. The van der Waals surface area contributed by atoms with E-state index in [0.717, 1.165) is 17.9 Å². The van der Waals surface area contributed by atoms with Gasteiger partial charge in [-0.05, 0) is 43.5 Å². The first-order valence-corrected chi connectivity index (χ1v) is 8.40. The Hall–Kier alpha value is -0.670. The number of hydrogen-bond acceptors (Lipinski definition) is 2. The number of benzene rings is 1. The molecule has 3 unspecified atom stereocenters. The molecule has 1 N–H and O–H groups in total. The van der Waals surface area contributed by atoms with E-state index in [9.17, 15) is 4.21 Å². The lowest BCUT2D eigenvalue weighted by Gasteiger charge is -2.18. The molecule has 0 aromatic heterocycles. The summed E-state index contributed by atoms with van der Waals surface area (Å²) in [6.07, 6.45) is 0.937. The molecule has 0 saturated carbocycles. The van der Waals surface area contributed by atoms with E-state index in [4.69, 9.17) is 0 Å². The molecule has 2 nitrogen and oxygen atoms in total. The van der Waals surface area contributed by atoms with Crippen LogP contribution in [-0.4, -0.2) is 22.0 Å². The fraction of sp³-hybridized carbons (Fsp3) is 0.625. The molecule has 0 saturated heterocycles. The van der Waals surface area contributed by atoms with Gasteiger partial charge in [0.05, 0.1) is 10.8 Å². The van der Waals surface area contributed by atoms with Gasteiger partial charge in [0, 0.05) is 16.2 Å². The molecule has 108 valence electrons. The molecule has 0 spiro atoms. The Morgan fingerprint density at radius 2 is 1.68 bits per heavy atom. The average molecular weight is 281 g/mol. The predicted octanol–water partition coefficient (Wildman–Crippen LogP) is 3.69. The van der Waals surface area contributed by atoms with Gasteiger partial charge in [-0.2, -0.15) is 0 Å². The van der Waals surface area contributed by atoms with Crippen LogP contribution in [0.2, 0.25) is 0 Å². The second-order valence-electron chi connectivity index (χ2n) is 5.53. The van der Waals surface area contributed by atoms with Crippen molar-refractivity contribution in [2.75, 3.05) is 6.54 Å². The highest BCUT2D eigenvalue weighted by molar-refractivity contribution is 7.85. The summed E-state index contributed by atoms with van der Waals surface area (Å²) in [4.78, 5) is 0.945. The molecule has 0 bridgehead atoms. The molecule has 1 aromatic rings. The van der Waals surface area contributed by atoms with Crippen LogP contribution in [0.4, 0.5) is 0 Å². The van der Waals surface area contributed by atoms with Gasteiger partial charge in [-0.15, -0.1) is 0 Å². The predicted molar refractivity (Wildman–Crippen MR) is 84.2 cm³/mol. The van der Waals surface area contributed by atoms with Crippen LogP contribution < -0.4 is 5.32 Å². The zero-order valence-corrected chi connectivity index (χ0v) is 13.6. The molecule has 0 radical (unpaired) electrons. The lowest BCUT2D eigenvalue weighted by atomic mass is 10.0. The van der Waals surface area contributed by atoms with Crippen molar-refractivity contribution in [3.05, 3.63) is 29.8 Å². The van der Waals surface area contributed by atoms with E-state index in [1.54, 1.807) is 0 Å². The molecular weight excluding hydrogens is 254 g/mol. The molecule has 0 fully saturated rings. The van der Waals surface area contributed by atoms with Crippen molar-refractivity contribution >= 4 is 10.8 Å². The van der Waals surface area contributed by atoms with E-state index >= 15 is 0 Å². The maximum atomic E-state index is 12.4. The van der Waals surface area contributed by atoms with Gasteiger partial charge in [0.15, 0.2) is 0 Å². The zero-order chi connectivity index (χ0) is 14.4. The second kappa shape index (κ2) is 7.81. The third-order valence-corrected chi connectivity index (χ3v) is 5.04. The first-order chi connectivity index (χ1) is 8.95. The summed E-state index contributed by atoms with van der Waals surface area (Å²) < 4.78 is 12.4. The molecule has 0 amide bonds. The van der Waals surface area contributed by atoms with Crippen molar-refractivity contribution in [2.24, 2.45) is 0 Å². The number of hydrogen-bond donors (Lipinski definition) is 1. The van der Waals surface area contributed by atoms with E-state index in [1.165, 1.54) is 5.56 Å². The Bertz CT molecular complexity index is 400. The van der Waals surface area contributed by atoms with Gasteiger partial charge in [0.1, 0.15) is 0 Å². The molecular formula is C16H27NOS. The van der Waals surface area contributed by atoms with Crippen LogP contribution in [0, 0.1) is 0 Å². The van der Waals surface area contributed by atoms with Gasteiger partial charge in [-0.1, -0.05) is 39.8 Å². The molecule has 0 aliphatic heterocycles. The Balaban J connectivity index is 2.66. The number of rotatable bonds is 7. The third-order valence-electron chi connectivity index (χ3n) is 3.38. The highest BCUT2D eigenvalue weighted by atomic mass is 32.2. The van der Waals surface area contributed by atoms with E-state index in [-0.39, 0.29) is 5.25 Å². The van der Waals surface area contributed by atoms with Crippen LogP contribution in [0.25, 0.3) is 0 Å². The van der Waals surface area contributed by atoms with Crippen molar-refractivity contribution in [2.45, 2.75) is 63.1 Å². The van der Waals surface area contributed by atoms with Crippen LogP contribution in [0.3, 0.4) is 0 Å². The smallest absolute Gasteiger partial charge is 0.0558 e. The first kappa shape index (κ1) is 16.4. The average Bonchev–Trinajstić information content (AvgIpc) is 2.38. The van der Waals surface area contributed by atoms with Gasteiger partial charge < -0.3 is 5.32 Å². The zero-order valence-electron chi connectivity index (χ0n) is 12.8. The van der Waals surface area contributed by atoms with Gasteiger partial charge in [0.25, 0.3) is 0 Å². The van der Waals surface area contributed by atoms with Crippen molar-refractivity contribution in [1.82, 2.24) is 5.32 Å². The van der Waals surface area contributed by atoms with Crippen molar-refractivity contribution < 1.29 is 4.21 Å². The third kappa shape index (κ3) is 5.07. The Morgan fingerprint density at radius 3 is 2.16 bits per heavy atom. The van der Waals surface area contributed by atoms with Crippen LogP contribution >= 0.6 is 0 Å². The molecule has 0 heterocycles. The minimum absolute atomic E-state index is 0.180. The van der Waals surface area contributed by atoms with E-state index < -0.39 is 10.8 Å². The largest absolute Gasteiger partial charge is 0.314 e. The lowest BCUT2D eigenvalue weighted by Crippen LogP contribution is -2.30. The topological polar surface area (TPSA) is 29.1 Å². The van der Waals surface area contributed by atoms with Gasteiger partial charge in [-0.25, -0.2) is 0 Å². The van der Waals surface area contributed by atoms with E-state index in [0.29, 0.717) is 12.0 Å². The van der Waals surface area contributed by atoms with E-state index in [2.05, 4.69) is 52.1 Å². The van der Waals surface area contributed by atoms with Crippen molar-refractivity contribution in [3.8, 4) is 0 Å². The summed E-state index contributed by atoms with van der Waals surface area (Å²) in [5.41, 5.74) is 1.30. The molecule has 1 aromatic carbocycles. The fourth-order valence-electron chi connectivity index (χ4n) is 2.24. The quantitative estimate of drug-likeness (QED) is 0.826. The Kier molecular flexibility index (Phi) is 6.73. The monoisotopic (exact) mass is 281 g/mol. The standard InChI is InChI=1S/C16H27NOS/c1-6-17-13(4)11-14(5)19(18)16-9-7-15(8-10-16)12(2)3/h7-10,12-14,17H,6,11H2,1-5H3. The van der Waals surface area contributed by atoms with Crippen LogP contribution in [0.15, 0.2) is 29.2 Å². The van der Waals surface area contributed by atoms with Crippen LogP contribution in [0.5, 0.6) is 0 Å². The number of nitrogens with one attached hydrogen (secondary N) is 1. The van der Waals surface area contributed by atoms with E-state index in [1.807, 2.05) is 12.1 Å². The summed E-state index contributed by atoms with van der Waals surface area (Å²) in [6, 6.07) is 8.63. The summed E-state index contributed by atoms with van der Waals surface area (Å²) in [5, 5.41) is 3.55. The van der Waals surface area contributed by atoms with Crippen LogP contribution in [-0.2, 0) is 10.8 Å². The van der Waals surface area contributed by atoms with Gasteiger partial charge >= 0.3 is 0 Å². The summed E-state index contributed by atoms with van der Waals surface area (Å²) in [5.74, 6) is 0.522. The van der Waals surface area contributed by atoms with Gasteiger partial charge in [-0.3, -0.25) is 4.21 Å². The Morgan fingerprint density at radius 1 is 1.11 bits per heavy atom. The van der Waals surface area contributed by atoms with Crippen molar-refractivity contribution in [1.29, 1.82) is 0 Å². The summed E-state index contributed by atoms with van der Waals surface area (Å²) >= 11 is 0. The SMILES string of the molecule is CCNC(C)CC(C)S(=O)c1ccc(C(C)C)cc1. The first-order valence-electron chi connectivity index (χ1n) is 7.19. The highest BCUT2D eigenvalue weighted by Crippen LogP contribution is 2.19. The fourth-order valence-corrected chi connectivity index (χ4v) is 3.57. The minimum atomic E-state index is -0.914. The summed E-state index contributed by atoms with van der Waals surface area (Å²) in [7, 11) is -0.914. The lowest BCUT2D eigenvalue weighted by molar-refractivity contribution is 0.524. The van der Waals surface area contributed by atoms with Crippen molar-refractivity contribution in [3.63, 3.8) is 0 Å². The normalized spacial score (nSPS) is 16.3.